The number of ether oxygens (including phenoxy) is 5. The van der Waals surface area contributed by atoms with Gasteiger partial charge < -0.3 is 49.2 Å². The van der Waals surface area contributed by atoms with Gasteiger partial charge in [0, 0.05) is 57.3 Å². The van der Waals surface area contributed by atoms with E-state index in [1.54, 1.807) is 38.2 Å². The zero-order valence-electron chi connectivity index (χ0n) is 47.1. The molecule has 76 heavy (non-hydrogen) atoms. The average Bonchev–Trinajstić information content (AvgIpc) is 4.11. The van der Waals surface area contributed by atoms with Crippen molar-refractivity contribution in [2.45, 2.75) is 125 Å². The molecule has 0 radical (unpaired) electrons. The maximum absolute atomic E-state index is 12.4. The molecule has 3 aliphatic heterocycles. The number of methoxy groups -OCH3 is 4. The SMILES string of the molecule is COc1ccc([C@H](C)N)cc1.COc1ccc([C@H](C)N2CC(C(=O)CC(C)(C)C)CC2=O)cc1.COc1ccc([C@H](C)N2CC(C(=O)O)CC2=O)cc1.COc1ccc([C@H](C)N2CC(C(=O)OC(C)(C)C)CC2=O)cc1. The van der Waals surface area contributed by atoms with Crippen molar-refractivity contribution in [2.24, 2.45) is 28.9 Å². The van der Waals surface area contributed by atoms with Gasteiger partial charge in [-0.05, 0) is 125 Å². The minimum atomic E-state index is -0.905. The van der Waals surface area contributed by atoms with Crippen LogP contribution in [0.3, 0.4) is 0 Å². The van der Waals surface area contributed by atoms with Crippen molar-refractivity contribution in [2.75, 3.05) is 48.1 Å². The van der Waals surface area contributed by atoms with E-state index in [9.17, 15) is 28.8 Å². The molecule has 0 saturated carbocycles. The number of hydrogen-bond donors (Lipinski definition) is 2. The van der Waals surface area contributed by atoms with E-state index in [0.717, 1.165) is 45.3 Å². The molecule has 3 heterocycles. The molecule has 16 nitrogen and oxygen atoms in total. The molecule has 3 unspecified atom stereocenters. The fraction of sp³-hybridized carbons (Fsp3) is 0.500. The van der Waals surface area contributed by atoms with Gasteiger partial charge in [-0.25, -0.2) is 0 Å². The molecule has 414 valence electrons. The van der Waals surface area contributed by atoms with E-state index in [0.29, 0.717) is 25.9 Å². The Morgan fingerprint density at radius 1 is 0.513 bits per heavy atom. The van der Waals surface area contributed by atoms with Gasteiger partial charge in [-0.2, -0.15) is 0 Å². The Hall–Kier alpha value is -6.94. The van der Waals surface area contributed by atoms with E-state index in [1.165, 1.54) is 0 Å². The van der Waals surface area contributed by atoms with E-state index in [2.05, 4.69) is 20.8 Å². The third-order valence-corrected chi connectivity index (χ3v) is 13.6. The lowest BCUT2D eigenvalue weighted by molar-refractivity contribution is -0.159. The molecule has 0 spiro atoms. The number of ketones is 1. The number of Topliss-reactive ketones (excluding diaryl/α,β-unsaturated/α-hetero) is 1. The first-order valence-corrected chi connectivity index (χ1v) is 25.9. The van der Waals surface area contributed by atoms with Crippen LogP contribution in [0.2, 0.25) is 0 Å². The molecule has 3 saturated heterocycles. The minimum Gasteiger partial charge on any atom is -0.497 e. The van der Waals surface area contributed by atoms with Gasteiger partial charge >= 0.3 is 11.9 Å². The van der Waals surface area contributed by atoms with Crippen LogP contribution >= 0.6 is 0 Å². The predicted molar refractivity (Wildman–Crippen MR) is 292 cm³/mol. The van der Waals surface area contributed by atoms with E-state index in [4.69, 9.17) is 34.5 Å². The summed E-state index contributed by atoms with van der Waals surface area (Å²) in [6.45, 7) is 20.7. The largest absolute Gasteiger partial charge is 0.497 e. The number of carboxylic acid groups (broad SMARTS) is 1. The van der Waals surface area contributed by atoms with Crippen LogP contribution in [0.25, 0.3) is 0 Å². The molecule has 3 aliphatic rings. The monoisotopic (exact) mass is 1050 g/mol. The number of carboxylic acids is 1. The van der Waals surface area contributed by atoms with Crippen molar-refractivity contribution in [3.8, 4) is 23.0 Å². The number of hydrogen-bond acceptors (Lipinski definition) is 12. The molecule has 4 aromatic rings. The molecule has 3 amide bonds. The molecule has 7 atom stereocenters. The first-order chi connectivity index (χ1) is 35.7. The molecule has 0 aliphatic carbocycles. The second-order valence-electron chi connectivity index (χ2n) is 21.8. The maximum atomic E-state index is 12.4. The molecule has 7 rings (SSSR count). The van der Waals surface area contributed by atoms with Crippen LogP contribution in [-0.2, 0) is 33.5 Å². The van der Waals surface area contributed by atoms with Crippen LogP contribution in [0.4, 0.5) is 0 Å². The fourth-order valence-corrected chi connectivity index (χ4v) is 9.00. The Bertz CT molecular complexity index is 2430. The van der Waals surface area contributed by atoms with Crippen LogP contribution in [-0.4, -0.2) is 109 Å². The summed E-state index contributed by atoms with van der Waals surface area (Å²) in [5.41, 5.74) is 9.28. The smallest absolute Gasteiger partial charge is 0.311 e. The van der Waals surface area contributed by atoms with Gasteiger partial charge in [-0.1, -0.05) is 69.3 Å². The number of likely N-dealkylation sites (tertiary alicyclic amines) is 3. The standard InChI is InChI=1S/C19H27NO3.C18H25NO4.C14H17NO4.C9H13NO/c1-13(14-6-8-16(23-5)9-7-14)20-12-15(10-18(20)22)17(21)11-19(2,3)4;1-12(13-6-8-15(22-5)9-7-13)19-11-14(10-16(19)20)17(21)23-18(2,3)4;1-9(10-3-5-12(19-2)6-4-10)15-8-11(14(17)18)7-13(15)16;1-7(10)8-3-5-9(11-2)6-4-8/h6-9,13,15H,10-12H2,1-5H3;6-9,12,14H,10-11H2,1-5H3;3-6,9,11H,7-8H2,1-2H3,(H,17,18);3-7H,10H2,1-2H3/t13-,15?;12-,14?;9-,11?;7-/m0000/s1. The minimum absolute atomic E-state index is 0.0100. The first-order valence-electron chi connectivity index (χ1n) is 25.9. The third-order valence-electron chi connectivity index (χ3n) is 13.6. The molecule has 3 N–H and O–H groups in total. The lowest BCUT2D eigenvalue weighted by Gasteiger charge is -2.26. The Morgan fingerprint density at radius 3 is 1.08 bits per heavy atom. The van der Waals surface area contributed by atoms with Gasteiger partial charge in [-0.3, -0.25) is 28.8 Å². The third kappa shape index (κ3) is 18.1. The second-order valence-corrected chi connectivity index (χ2v) is 21.8. The number of amides is 3. The average molecular weight is 1050 g/mol. The van der Waals surface area contributed by atoms with Crippen LogP contribution in [0.15, 0.2) is 97.1 Å². The normalized spacial score (nSPS) is 18.9. The zero-order valence-corrected chi connectivity index (χ0v) is 47.1. The molecule has 0 aromatic heterocycles. The number of carbonyl (C=O) groups excluding carboxylic acids is 5. The second kappa shape index (κ2) is 27.7. The van der Waals surface area contributed by atoms with Crippen LogP contribution in [0.1, 0.15) is 141 Å². The summed E-state index contributed by atoms with van der Waals surface area (Å²) in [6.07, 6.45) is 1.18. The van der Waals surface area contributed by atoms with Crippen LogP contribution in [0.5, 0.6) is 23.0 Å². The first kappa shape index (κ1) is 61.6. The predicted octanol–water partition coefficient (Wildman–Crippen LogP) is 9.96. The summed E-state index contributed by atoms with van der Waals surface area (Å²) < 4.78 is 25.8. The topological polar surface area (TPSA) is 205 Å². The molecule has 3 fully saturated rings. The van der Waals surface area contributed by atoms with E-state index < -0.39 is 17.5 Å². The quantitative estimate of drug-likeness (QED) is 0.107. The zero-order chi connectivity index (χ0) is 56.7. The number of rotatable bonds is 15. The number of aliphatic carboxylic acids is 1. The summed E-state index contributed by atoms with van der Waals surface area (Å²) in [5, 5.41) is 8.97. The fourth-order valence-electron chi connectivity index (χ4n) is 9.00. The van der Waals surface area contributed by atoms with Crippen molar-refractivity contribution >= 4 is 35.4 Å². The molecule has 0 bridgehead atoms. The van der Waals surface area contributed by atoms with Crippen molar-refractivity contribution in [1.82, 2.24) is 14.7 Å². The Kier molecular flexibility index (Phi) is 22.5. The molecule has 4 aromatic carbocycles. The van der Waals surface area contributed by atoms with Crippen molar-refractivity contribution in [3.05, 3.63) is 119 Å². The number of carbonyl (C=O) groups is 6. The van der Waals surface area contributed by atoms with Gasteiger partial charge in [0.15, 0.2) is 0 Å². The summed E-state index contributed by atoms with van der Waals surface area (Å²) in [5.74, 6) is 1.02. The van der Waals surface area contributed by atoms with Crippen molar-refractivity contribution in [3.63, 3.8) is 0 Å². The van der Waals surface area contributed by atoms with Gasteiger partial charge in [0.05, 0.1) is 58.4 Å². The lowest BCUT2D eigenvalue weighted by Crippen LogP contribution is -2.32. The highest BCUT2D eigenvalue weighted by atomic mass is 16.6. The van der Waals surface area contributed by atoms with E-state index >= 15 is 0 Å². The Labute approximate surface area is 450 Å². The highest BCUT2D eigenvalue weighted by Gasteiger charge is 2.40. The molecular formula is C60H82N4O12. The van der Waals surface area contributed by atoms with Gasteiger partial charge in [0.2, 0.25) is 17.7 Å². The molecule has 16 heteroatoms. The maximum Gasteiger partial charge on any atom is 0.311 e. The van der Waals surface area contributed by atoms with Crippen LogP contribution in [0, 0.1) is 23.2 Å². The van der Waals surface area contributed by atoms with E-state index in [-0.39, 0.29) is 90.3 Å². The highest BCUT2D eigenvalue weighted by molar-refractivity contribution is 5.91. The number of nitrogens with zero attached hydrogens (tertiary/aromatic N) is 3. The molecular weight excluding hydrogens is 969 g/mol. The Balaban J connectivity index is 0.000000225. The van der Waals surface area contributed by atoms with E-state index in [1.807, 2.05) is 150 Å². The van der Waals surface area contributed by atoms with Crippen LogP contribution < -0.4 is 24.7 Å². The summed E-state index contributed by atoms with van der Waals surface area (Å²) >= 11 is 0. The van der Waals surface area contributed by atoms with Gasteiger partial charge in [-0.15, -0.1) is 0 Å². The number of benzene rings is 4. The number of esters is 1. The Morgan fingerprint density at radius 2 is 0.803 bits per heavy atom. The highest BCUT2D eigenvalue weighted by Crippen LogP contribution is 2.34. The van der Waals surface area contributed by atoms with Gasteiger partial charge in [0.1, 0.15) is 34.4 Å². The lowest BCUT2D eigenvalue weighted by atomic mass is 9.85. The van der Waals surface area contributed by atoms with Crippen molar-refractivity contribution in [1.29, 1.82) is 0 Å². The summed E-state index contributed by atoms with van der Waals surface area (Å²) in [4.78, 5) is 77.2. The van der Waals surface area contributed by atoms with Gasteiger partial charge in [0.25, 0.3) is 0 Å². The summed E-state index contributed by atoms with van der Waals surface area (Å²) in [6, 6.07) is 30.5. The van der Waals surface area contributed by atoms with Crippen molar-refractivity contribution < 1.29 is 57.6 Å². The number of nitrogens with two attached hydrogens (primary N) is 1. The summed E-state index contributed by atoms with van der Waals surface area (Å²) in [7, 11) is 6.50.